The SMILES string of the molecule is Cc1ccccc1C(=O)N1CCCC(N)C1(C)C. The van der Waals surface area contributed by atoms with E-state index in [1.165, 1.54) is 0 Å². The Labute approximate surface area is 109 Å². The molecule has 98 valence electrons. The van der Waals surface area contributed by atoms with E-state index in [2.05, 4.69) is 13.8 Å². The molecule has 0 bridgehead atoms. The van der Waals surface area contributed by atoms with Crippen molar-refractivity contribution in [3.63, 3.8) is 0 Å². The first-order valence-electron chi connectivity index (χ1n) is 6.58. The van der Waals surface area contributed by atoms with Crippen LogP contribution in [0.25, 0.3) is 0 Å². The highest BCUT2D eigenvalue weighted by Crippen LogP contribution is 2.28. The number of carbonyl (C=O) groups excluding carboxylic acids is 1. The second-order valence-corrected chi connectivity index (χ2v) is 5.67. The van der Waals surface area contributed by atoms with E-state index in [1.54, 1.807) is 0 Å². The van der Waals surface area contributed by atoms with Gasteiger partial charge in [0.05, 0.1) is 5.54 Å². The maximum Gasteiger partial charge on any atom is 0.254 e. The summed E-state index contributed by atoms with van der Waals surface area (Å²) in [6.45, 7) is 6.90. The minimum Gasteiger partial charge on any atom is -0.332 e. The van der Waals surface area contributed by atoms with Crippen LogP contribution in [0.3, 0.4) is 0 Å². The van der Waals surface area contributed by atoms with E-state index in [-0.39, 0.29) is 17.5 Å². The smallest absolute Gasteiger partial charge is 0.254 e. The lowest BCUT2D eigenvalue weighted by Gasteiger charge is -2.46. The molecular weight excluding hydrogens is 224 g/mol. The first kappa shape index (κ1) is 13.1. The van der Waals surface area contributed by atoms with Gasteiger partial charge in [-0.25, -0.2) is 0 Å². The third-order valence-electron chi connectivity index (χ3n) is 4.12. The molecule has 0 radical (unpaired) electrons. The second-order valence-electron chi connectivity index (χ2n) is 5.67. The summed E-state index contributed by atoms with van der Waals surface area (Å²) >= 11 is 0. The molecule has 3 nitrogen and oxygen atoms in total. The lowest BCUT2D eigenvalue weighted by Crippen LogP contribution is -2.61. The molecule has 2 rings (SSSR count). The molecule has 1 heterocycles. The van der Waals surface area contributed by atoms with Gasteiger partial charge in [-0.05, 0) is 45.2 Å². The van der Waals surface area contributed by atoms with Gasteiger partial charge in [0, 0.05) is 18.2 Å². The number of benzene rings is 1. The molecule has 0 aromatic heterocycles. The van der Waals surface area contributed by atoms with Crippen molar-refractivity contribution in [2.45, 2.75) is 45.2 Å². The fraction of sp³-hybridized carbons (Fsp3) is 0.533. The van der Waals surface area contributed by atoms with Crippen LogP contribution in [0.5, 0.6) is 0 Å². The van der Waals surface area contributed by atoms with Crippen LogP contribution in [0, 0.1) is 6.92 Å². The number of hydrogen-bond acceptors (Lipinski definition) is 2. The largest absolute Gasteiger partial charge is 0.332 e. The van der Waals surface area contributed by atoms with Crippen LogP contribution < -0.4 is 5.73 Å². The number of hydrogen-bond donors (Lipinski definition) is 1. The lowest BCUT2D eigenvalue weighted by atomic mass is 9.85. The zero-order valence-electron chi connectivity index (χ0n) is 11.4. The first-order chi connectivity index (χ1) is 8.44. The molecule has 1 amide bonds. The highest BCUT2D eigenvalue weighted by Gasteiger charge is 2.39. The molecule has 1 unspecified atom stereocenters. The number of nitrogens with two attached hydrogens (primary N) is 1. The normalized spacial score (nSPS) is 22.9. The summed E-state index contributed by atoms with van der Waals surface area (Å²) in [5, 5.41) is 0. The van der Waals surface area contributed by atoms with Crippen LogP contribution in [0.2, 0.25) is 0 Å². The summed E-state index contributed by atoms with van der Waals surface area (Å²) in [6, 6.07) is 7.80. The van der Waals surface area contributed by atoms with Crippen molar-refractivity contribution in [1.29, 1.82) is 0 Å². The molecule has 1 aromatic rings. The number of carbonyl (C=O) groups is 1. The molecule has 0 saturated carbocycles. The Balaban J connectivity index is 2.31. The van der Waals surface area contributed by atoms with Crippen LogP contribution in [0.1, 0.15) is 42.6 Å². The molecule has 2 N–H and O–H groups in total. The minimum absolute atomic E-state index is 0.0548. The predicted molar refractivity (Wildman–Crippen MR) is 73.5 cm³/mol. The van der Waals surface area contributed by atoms with Crippen LogP contribution >= 0.6 is 0 Å². The molecular formula is C15H22N2O. The Morgan fingerprint density at radius 1 is 1.39 bits per heavy atom. The predicted octanol–water partition coefficient (Wildman–Crippen LogP) is 2.34. The number of rotatable bonds is 1. The van der Waals surface area contributed by atoms with Gasteiger partial charge in [-0.15, -0.1) is 0 Å². The molecule has 1 aromatic carbocycles. The van der Waals surface area contributed by atoms with E-state index >= 15 is 0 Å². The van der Waals surface area contributed by atoms with Crippen molar-refractivity contribution in [2.75, 3.05) is 6.54 Å². The van der Waals surface area contributed by atoms with Crippen molar-refractivity contribution < 1.29 is 4.79 Å². The van der Waals surface area contributed by atoms with E-state index < -0.39 is 0 Å². The number of nitrogens with zero attached hydrogens (tertiary/aromatic N) is 1. The van der Waals surface area contributed by atoms with Crippen LogP contribution in [-0.2, 0) is 0 Å². The van der Waals surface area contributed by atoms with Gasteiger partial charge >= 0.3 is 0 Å². The van der Waals surface area contributed by atoms with E-state index in [9.17, 15) is 4.79 Å². The third kappa shape index (κ3) is 2.15. The Bertz CT molecular complexity index is 454. The van der Waals surface area contributed by atoms with Gasteiger partial charge in [0.25, 0.3) is 5.91 Å². The Hall–Kier alpha value is -1.35. The van der Waals surface area contributed by atoms with Crippen molar-refractivity contribution in [1.82, 2.24) is 4.90 Å². The summed E-state index contributed by atoms with van der Waals surface area (Å²) in [5.74, 6) is 0.105. The average molecular weight is 246 g/mol. The Morgan fingerprint density at radius 3 is 2.72 bits per heavy atom. The van der Waals surface area contributed by atoms with E-state index in [0.29, 0.717) is 0 Å². The molecule has 18 heavy (non-hydrogen) atoms. The number of piperidine rings is 1. The molecule has 1 fully saturated rings. The van der Waals surface area contributed by atoms with Crippen molar-refractivity contribution in [2.24, 2.45) is 5.73 Å². The molecule has 1 saturated heterocycles. The molecule has 1 aliphatic rings. The maximum atomic E-state index is 12.7. The van der Waals surface area contributed by atoms with Gasteiger partial charge in [0.15, 0.2) is 0 Å². The van der Waals surface area contributed by atoms with Gasteiger partial charge < -0.3 is 10.6 Å². The Kier molecular flexibility index (Phi) is 3.44. The van der Waals surface area contributed by atoms with E-state index in [4.69, 9.17) is 5.73 Å². The number of amides is 1. The van der Waals surface area contributed by atoms with Crippen molar-refractivity contribution in [3.8, 4) is 0 Å². The van der Waals surface area contributed by atoms with Crippen LogP contribution in [-0.4, -0.2) is 28.9 Å². The van der Waals surface area contributed by atoms with Gasteiger partial charge in [-0.2, -0.15) is 0 Å². The highest BCUT2D eigenvalue weighted by atomic mass is 16.2. The fourth-order valence-corrected chi connectivity index (χ4v) is 2.63. The van der Waals surface area contributed by atoms with Crippen LogP contribution in [0.15, 0.2) is 24.3 Å². The summed E-state index contributed by atoms with van der Waals surface area (Å²) in [5.41, 5.74) is 7.71. The summed E-state index contributed by atoms with van der Waals surface area (Å²) in [6.07, 6.45) is 1.98. The number of likely N-dealkylation sites (tertiary alicyclic amines) is 1. The van der Waals surface area contributed by atoms with Gasteiger partial charge in [0.2, 0.25) is 0 Å². The maximum absolute atomic E-state index is 12.7. The van der Waals surface area contributed by atoms with Crippen molar-refractivity contribution in [3.05, 3.63) is 35.4 Å². The highest BCUT2D eigenvalue weighted by molar-refractivity contribution is 5.96. The van der Waals surface area contributed by atoms with Gasteiger partial charge in [-0.3, -0.25) is 4.79 Å². The van der Waals surface area contributed by atoms with E-state index in [0.717, 1.165) is 30.5 Å². The zero-order valence-corrected chi connectivity index (χ0v) is 11.4. The van der Waals surface area contributed by atoms with E-state index in [1.807, 2.05) is 36.1 Å². The second kappa shape index (κ2) is 4.73. The molecule has 3 heteroatoms. The number of aryl methyl sites for hydroxylation is 1. The lowest BCUT2D eigenvalue weighted by molar-refractivity contribution is 0.0362. The Morgan fingerprint density at radius 2 is 2.06 bits per heavy atom. The molecule has 0 spiro atoms. The van der Waals surface area contributed by atoms with Gasteiger partial charge in [0.1, 0.15) is 0 Å². The third-order valence-corrected chi connectivity index (χ3v) is 4.12. The quantitative estimate of drug-likeness (QED) is 0.826. The van der Waals surface area contributed by atoms with Gasteiger partial charge in [-0.1, -0.05) is 18.2 Å². The van der Waals surface area contributed by atoms with Crippen LogP contribution in [0.4, 0.5) is 0 Å². The molecule has 1 aliphatic heterocycles. The van der Waals surface area contributed by atoms with Crippen molar-refractivity contribution >= 4 is 5.91 Å². The zero-order chi connectivity index (χ0) is 13.3. The minimum atomic E-state index is -0.266. The summed E-state index contributed by atoms with van der Waals surface area (Å²) < 4.78 is 0. The summed E-state index contributed by atoms with van der Waals surface area (Å²) in [7, 11) is 0. The summed E-state index contributed by atoms with van der Waals surface area (Å²) in [4.78, 5) is 14.6. The molecule has 1 atom stereocenters. The fourth-order valence-electron chi connectivity index (χ4n) is 2.63. The first-order valence-corrected chi connectivity index (χ1v) is 6.58. The average Bonchev–Trinajstić information content (AvgIpc) is 2.32. The topological polar surface area (TPSA) is 46.3 Å². The molecule has 0 aliphatic carbocycles. The standard InChI is InChI=1S/C15H22N2O/c1-11-7-4-5-8-12(11)14(18)17-10-6-9-13(16)15(17,2)3/h4-5,7-8,13H,6,9-10,16H2,1-3H3. The monoisotopic (exact) mass is 246 g/mol.